The first-order valence-electron chi connectivity index (χ1n) is 6.78. The minimum absolute atomic E-state index is 0.273. The Bertz CT molecular complexity index is 861. The van der Waals surface area contributed by atoms with Gasteiger partial charge in [-0.15, -0.1) is 11.3 Å². The number of thiazole rings is 1. The maximum absolute atomic E-state index is 11.1. The summed E-state index contributed by atoms with van der Waals surface area (Å²) in [6, 6.07) is 9.29. The molecule has 0 aliphatic heterocycles. The molecule has 1 aromatic carbocycles. The quantitative estimate of drug-likeness (QED) is 0.749. The topological polar surface area (TPSA) is 80.9 Å². The lowest BCUT2D eigenvalue weighted by Gasteiger charge is -2.08. The van der Waals surface area contributed by atoms with Crippen molar-refractivity contribution in [3.8, 4) is 10.6 Å². The fraction of sp³-hybridized carbons (Fsp3) is 0.0625. The number of nitrogens with zero attached hydrogens (tertiary/aromatic N) is 2. The number of primary amides is 1. The third-order valence-corrected chi connectivity index (χ3v) is 4.44. The Morgan fingerprint density at radius 1 is 1.30 bits per heavy atom. The van der Waals surface area contributed by atoms with E-state index >= 15 is 0 Å². The number of nitrogens with two attached hydrogens (primary N) is 1. The van der Waals surface area contributed by atoms with Gasteiger partial charge in [-0.25, -0.2) is 9.97 Å². The highest BCUT2D eigenvalue weighted by molar-refractivity contribution is 7.13. The number of benzene rings is 1. The van der Waals surface area contributed by atoms with Crippen molar-refractivity contribution < 1.29 is 4.79 Å². The fourth-order valence-electron chi connectivity index (χ4n) is 1.98. The molecular weight excluding hydrogens is 332 g/mol. The predicted molar refractivity (Wildman–Crippen MR) is 93.3 cm³/mol. The number of rotatable bonds is 4. The highest BCUT2D eigenvalue weighted by Gasteiger charge is 2.08. The smallest absolute Gasteiger partial charge is 0.250 e. The largest absolute Gasteiger partial charge is 0.366 e. The van der Waals surface area contributed by atoms with Crippen LogP contribution in [0.5, 0.6) is 0 Å². The SMILES string of the molecule is Cc1csc(-c2ccc(Nc3ncc(C(N)=O)cc3Cl)cc2)n1. The minimum Gasteiger partial charge on any atom is -0.366 e. The average Bonchev–Trinajstić information content (AvgIpc) is 2.96. The fourth-order valence-corrected chi connectivity index (χ4v) is 3.00. The lowest BCUT2D eigenvalue weighted by molar-refractivity contribution is 0.1000. The Kier molecular flexibility index (Phi) is 4.27. The molecule has 0 aliphatic carbocycles. The zero-order chi connectivity index (χ0) is 16.4. The van der Waals surface area contributed by atoms with E-state index in [4.69, 9.17) is 17.3 Å². The molecule has 5 nitrogen and oxygen atoms in total. The number of aryl methyl sites for hydroxylation is 1. The van der Waals surface area contributed by atoms with Crippen LogP contribution in [0, 0.1) is 6.92 Å². The summed E-state index contributed by atoms with van der Waals surface area (Å²) in [5.74, 6) is -0.0939. The van der Waals surface area contributed by atoms with Crippen LogP contribution >= 0.6 is 22.9 Å². The van der Waals surface area contributed by atoms with E-state index in [0.717, 1.165) is 22.0 Å². The van der Waals surface area contributed by atoms with Crippen molar-refractivity contribution in [1.29, 1.82) is 0 Å². The van der Waals surface area contributed by atoms with Crippen LogP contribution in [0.25, 0.3) is 10.6 Å². The number of carbonyl (C=O) groups is 1. The zero-order valence-corrected chi connectivity index (χ0v) is 13.8. The van der Waals surface area contributed by atoms with Crippen LogP contribution in [0.15, 0.2) is 41.9 Å². The normalized spacial score (nSPS) is 10.5. The molecule has 0 unspecified atom stereocenters. The van der Waals surface area contributed by atoms with Gasteiger partial charge in [0, 0.05) is 28.5 Å². The maximum Gasteiger partial charge on any atom is 0.250 e. The van der Waals surface area contributed by atoms with Crippen molar-refractivity contribution in [2.45, 2.75) is 6.92 Å². The summed E-state index contributed by atoms with van der Waals surface area (Å²) in [6.45, 7) is 1.97. The molecule has 7 heteroatoms. The van der Waals surface area contributed by atoms with Gasteiger partial charge in [0.15, 0.2) is 0 Å². The van der Waals surface area contributed by atoms with Gasteiger partial charge in [-0.3, -0.25) is 4.79 Å². The molecule has 116 valence electrons. The van der Waals surface area contributed by atoms with Gasteiger partial charge in [0.05, 0.1) is 10.6 Å². The van der Waals surface area contributed by atoms with Crippen molar-refractivity contribution in [2.24, 2.45) is 5.73 Å². The first kappa shape index (κ1) is 15.5. The highest BCUT2D eigenvalue weighted by atomic mass is 35.5. The van der Waals surface area contributed by atoms with E-state index in [2.05, 4.69) is 15.3 Å². The van der Waals surface area contributed by atoms with Crippen molar-refractivity contribution >= 4 is 40.4 Å². The van der Waals surface area contributed by atoms with Crippen LogP contribution in [0.2, 0.25) is 5.02 Å². The second kappa shape index (κ2) is 6.36. The number of amides is 1. The van der Waals surface area contributed by atoms with Crippen molar-refractivity contribution in [3.63, 3.8) is 0 Å². The van der Waals surface area contributed by atoms with Gasteiger partial charge in [-0.1, -0.05) is 11.6 Å². The van der Waals surface area contributed by atoms with Crippen molar-refractivity contribution in [1.82, 2.24) is 9.97 Å². The van der Waals surface area contributed by atoms with Crippen LogP contribution in [-0.4, -0.2) is 15.9 Å². The number of hydrogen-bond donors (Lipinski definition) is 2. The average molecular weight is 345 g/mol. The third kappa shape index (κ3) is 3.49. The van der Waals surface area contributed by atoms with Gasteiger partial charge in [0.1, 0.15) is 10.8 Å². The summed E-state index contributed by atoms with van der Waals surface area (Å²) in [6.07, 6.45) is 1.39. The molecule has 2 heterocycles. The lowest BCUT2D eigenvalue weighted by atomic mass is 10.2. The zero-order valence-electron chi connectivity index (χ0n) is 12.2. The summed E-state index contributed by atoms with van der Waals surface area (Å²) in [5, 5.41) is 6.45. The summed E-state index contributed by atoms with van der Waals surface area (Å²) >= 11 is 7.72. The molecule has 3 N–H and O–H groups in total. The number of anilines is 2. The number of aromatic nitrogens is 2. The molecule has 2 aromatic heterocycles. The van der Waals surface area contributed by atoms with Crippen LogP contribution in [0.1, 0.15) is 16.1 Å². The van der Waals surface area contributed by atoms with Crippen molar-refractivity contribution in [2.75, 3.05) is 5.32 Å². The molecule has 23 heavy (non-hydrogen) atoms. The minimum atomic E-state index is -0.561. The van der Waals surface area contributed by atoms with Crippen LogP contribution in [-0.2, 0) is 0 Å². The van der Waals surface area contributed by atoms with Gasteiger partial charge in [-0.05, 0) is 37.3 Å². The van der Waals surface area contributed by atoms with Crippen LogP contribution in [0.4, 0.5) is 11.5 Å². The molecule has 1 amide bonds. The second-order valence-corrected chi connectivity index (χ2v) is 6.18. The lowest BCUT2D eigenvalue weighted by Crippen LogP contribution is -2.11. The van der Waals surface area contributed by atoms with E-state index in [1.165, 1.54) is 12.3 Å². The molecule has 0 atom stereocenters. The Balaban J connectivity index is 1.79. The molecule has 3 aromatic rings. The van der Waals surface area contributed by atoms with E-state index in [0.29, 0.717) is 10.8 Å². The molecule has 3 rings (SSSR count). The first-order chi connectivity index (χ1) is 11.0. The van der Waals surface area contributed by atoms with Crippen molar-refractivity contribution in [3.05, 3.63) is 58.2 Å². The monoisotopic (exact) mass is 344 g/mol. The highest BCUT2D eigenvalue weighted by Crippen LogP contribution is 2.27. The van der Waals surface area contributed by atoms with Gasteiger partial charge in [0.2, 0.25) is 5.91 Å². The molecule has 0 saturated carbocycles. The molecule has 0 bridgehead atoms. The summed E-state index contributed by atoms with van der Waals surface area (Å²) in [7, 11) is 0. The number of halogens is 1. The summed E-state index contributed by atoms with van der Waals surface area (Å²) < 4.78 is 0. The molecule has 0 spiro atoms. The van der Waals surface area contributed by atoms with Gasteiger partial charge >= 0.3 is 0 Å². The summed E-state index contributed by atoms with van der Waals surface area (Å²) in [5.41, 5.74) is 8.37. The molecular formula is C16H13ClN4OS. The molecule has 0 fully saturated rings. The predicted octanol–water partition coefficient (Wildman–Crippen LogP) is 4.01. The number of carbonyl (C=O) groups excluding carboxylic acids is 1. The molecule has 0 aliphatic rings. The molecule has 0 saturated heterocycles. The Morgan fingerprint density at radius 2 is 2.04 bits per heavy atom. The van der Waals surface area contributed by atoms with Crippen LogP contribution < -0.4 is 11.1 Å². The number of nitrogens with one attached hydrogen (secondary N) is 1. The standard InChI is InChI=1S/C16H13ClN4OS/c1-9-8-23-16(20-9)10-2-4-12(5-3-10)21-15-13(17)6-11(7-19-15)14(18)22/h2-8H,1H3,(H2,18,22)(H,19,21). The first-order valence-corrected chi connectivity index (χ1v) is 8.03. The molecule has 0 radical (unpaired) electrons. The second-order valence-electron chi connectivity index (χ2n) is 4.92. The van der Waals surface area contributed by atoms with E-state index in [-0.39, 0.29) is 5.56 Å². The number of hydrogen-bond acceptors (Lipinski definition) is 5. The van der Waals surface area contributed by atoms with Gasteiger partial charge in [-0.2, -0.15) is 0 Å². The van der Waals surface area contributed by atoms with E-state index < -0.39 is 5.91 Å². The van der Waals surface area contributed by atoms with E-state index in [9.17, 15) is 4.79 Å². The van der Waals surface area contributed by atoms with Gasteiger partial charge < -0.3 is 11.1 Å². The number of pyridine rings is 1. The van der Waals surface area contributed by atoms with Crippen LogP contribution in [0.3, 0.4) is 0 Å². The Labute approximate surface area is 142 Å². The van der Waals surface area contributed by atoms with Gasteiger partial charge in [0.25, 0.3) is 0 Å². The van der Waals surface area contributed by atoms with E-state index in [1.807, 2.05) is 36.6 Å². The third-order valence-electron chi connectivity index (χ3n) is 3.14. The Morgan fingerprint density at radius 3 is 2.61 bits per heavy atom. The van der Waals surface area contributed by atoms with E-state index in [1.54, 1.807) is 11.3 Å². The summed E-state index contributed by atoms with van der Waals surface area (Å²) in [4.78, 5) is 19.7. The Hall–Kier alpha value is -2.44. The maximum atomic E-state index is 11.1.